The van der Waals surface area contributed by atoms with Gasteiger partial charge in [0.15, 0.2) is 0 Å². The Balaban J connectivity index is 0.000000605. The first-order valence-corrected chi connectivity index (χ1v) is 4.11. The molecule has 0 N–H and O–H groups in total. The van der Waals surface area contributed by atoms with Crippen molar-refractivity contribution in [1.82, 2.24) is 4.98 Å². The van der Waals surface area contributed by atoms with Crippen LogP contribution in [0.15, 0.2) is 24.3 Å². The van der Waals surface area contributed by atoms with E-state index in [1.807, 2.05) is 24.3 Å². The summed E-state index contributed by atoms with van der Waals surface area (Å²) in [5, 5.41) is 0. The molecular weight excluding hydrogens is 185 g/mol. The van der Waals surface area contributed by atoms with Gasteiger partial charge in [0.25, 0.3) is 0 Å². The topological polar surface area (TPSA) is 12.9 Å². The van der Waals surface area contributed by atoms with Crippen molar-refractivity contribution in [1.29, 1.82) is 0 Å². The molecule has 0 atom stereocenters. The molecule has 0 amide bonds. The zero-order chi connectivity index (χ0) is 6.97. The zero-order valence-electron chi connectivity index (χ0n) is 6.07. The van der Waals surface area contributed by atoms with Crippen LogP contribution < -0.4 is 29.6 Å². The predicted molar refractivity (Wildman–Crippen MR) is 46.0 cm³/mol. The van der Waals surface area contributed by atoms with Gasteiger partial charge in [0.2, 0.25) is 0 Å². The van der Waals surface area contributed by atoms with Crippen LogP contribution in [0.25, 0.3) is 10.2 Å². The van der Waals surface area contributed by atoms with E-state index in [2.05, 4.69) is 4.98 Å². The first-order valence-electron chi connectivity index (χ1n) is 2.89. The van der Waals surface area contributed by atoms with Crippen molar-refractivity contribution in [2.24, 2.45) is 0 Å². The molecule has 1 heterocycles. The fourth-order valence-electron chi connectivity index (χ4n) is 0.851. The Bertz CT molecular complexity index is 368. The van der Waals surface area contributed by atoms with Gasteiger partial charge in [-0.3, -0.25) is 4.98 Å². The summed E-state index contributed by atoms with van der Waals surface area (Å²) >= 11 is 6.48. The average Bonchev–Trinajstić information content (AvgIpc) is 2.27. The summed E-state index contributed by atoms with van der Waals surface area (Å²) in [5.74, 6) is 0. The van der Waals surface area contributed by atoms with Crippen molar-refractivity contribution >= 4 is 33.8 Å². The van der Waals surface area contributed by atoms with Crippen molar-refractivity contribution < 1.29 is 29.6 Å². The van der Waals surface area contributed by atoms with Gasteiger partial charge >= 0.3 is 29.6 Å². The molecule has 0 aliphatic rings. The van der Waals surface area contributed by atoms with Crippen molar-refractivity contribution in [2.75, 3.05) is 0 Å². The van der Waals surface area contributed by atoms with Crippen LogP contribution in [-0.4, -0.2) is 4.98 Å². The molecule has 0 bridgehead atoms. The second kappa shape index (κ2) is 3.83. The van der Waals surface area contributed by atoms with E-state index in [9.17, 15) is 0 Å². The van der Waals surface area contributed by atoms with Crippen LogP contribution in [-0.2, 0) is 0 Å². The average molecular weight is 189 g/mol. The van der Waals surface area contributed by atoms with Crippen LogP contribution in [0.3, 0.4) is 0 Å². The van der Waals surface area contributed by atoms with Crippen molar-refractivity contribution in [3.05, 3.63) is 28.2 Å². The molecule has 0 radical (unpaired) electrons. The fraction of sp³-hybridized carbons (Fsp3) is 0. The fourth-order valence-corrected chi connectivity index (χ4v) is 1.92. The minimum absolute atomic E-state index is 0. The Labute approximate surface area is 95.7 Å². The van der Waals surface area contributed by atoms with E-state index in [-0.39, 0.29) is 29.6 Å². The summed E-state index contributed by atoms with van der Waals surface area (Å²) < 4.78 is 1.90. The van der Waals surface area contributed by atoms with Gasteiger partial charge in [-0.1, -0.05) is 0 Å². The second-order valence-electron chi connectivity index (χ2n) is 1.95. The summed E-state index contributed by atoms with van der Waals surface area (Å²) in [5.41, 5.74) is 1.01. The largest absolute Gasteiger partial charge is 1.00 e. The van der Waals surface area contributed by atoms with Gasteiger partial charge in [0.1, 0.15) is 3.95 Å². The maximum atomic E-state index is 4.92. The second-order valence-corrected chi connectivity index (χ2v) is 3.62. The molecule has 1 aromatic carbocycles. The Kier molecular flexibility index (Phi) is 3.28. The molecule has 11 heavy (non-hydrogen) atoms. The summed E-state index contributed by atoms with van der Waals surface area (Å²) in [7, 11) is 0. The van der Waals surface area contributed by atoms with E-state index in [4.69, 9.17) is 12.2 Å². The van der Waals surface area contributed by atoms with Crippen LogP contribution in [0.1, 0.15) is 0 Å². The first-order chi connectivity index (χ1) is 4.86. The van der Waals surface area contributed by atoms with Crippen molar-refractivity contribution in [3.8, 4) is 0 Å². The quantitative estimate of drug-likeness (QED) is 0.322. The SMILES string of the molecule is S=c1nc2cccc[c-]2s1.[Na+]. The number of aromatic nitrogens is 1. The van der Waals surface area contributed by atoms with Crippen molar-refractivity contribution in [2.45, 2.75) is 0 Å². The molecule has 2 aromatic rings. The van der Waals surface area contributed by atoms with E-state index in [0.29, 0.717) is 0 Å². The van der Waals surface area contributed by atoms with Gasteiger partial charge in [0, 0.05) is 0 Å². The van der Waals surface area contributed by atoms with Gasteiger partial charge in [-0.05, 0) is 10.2 Å². The molecule has 0 unspecified atom stereocenters. The zero-order valence-corrected chi connectivity index (χ0v) is 9.71. The molecule has 1 nitrogen and oxygen atoms in total. The number of fused-ring (bicyclic) bond motifs is 1. The monoisotopic (exact) mass is 189 g/mol. The molecule has 0 saturated carbocycles. The van der Waals surface area contributed by atoms with Crippen LogP contribution in [0.2, 0.25) is 0 Å². The Morgan fingerprint density at radius 3 is 3.00 bits per heavy atom. The first kappa shape index (κ1) is 9.42. The number of para-hydroxylation sites is 1. The van der Waals surface area contributed by atoms with Gasteiger partial charge in [0.05, 0.1) is 0 Å². The molecule has 0 aliphatic heterocycles. The summed E-state index contributed by atoms with van der Waals surface area (Å²) in [6.07, 6.45) is 0. The number of thiazole rings is 1. The summed E-state index contributed by atoms with van der Waals surface area (Å²) in [6, 6.07) is 7.97. The molecule has 4 heteroatoms. The Morgan fingerprint density at radius 2 is 2.27 bits per heavy atom. The number of rotatable bonds is 0. The maximum Gasteiger partial charge on any atom is 1.00 e. The normalized spacial score (nSPS) is 9.45. The minimum atomic E-state index is 0. The van der Waals surface area contributed by atoms with Gasteiger partial charge in [-0.15, -0.1) is 36.5 Å². The molecule has 0 fully saturated rings. The van der Waals surface area contributed by atoms with E-state index in [1.165, 1.54) is 4.70 Å². The Morgan fingerprint density at radius 1 is 1.45 bits per heavy atom. The Hall–Kier alpha value is 0.330. The van der Waals surface area contributed by atoms with Crippen LogP contribution in [0.5, 0.6) is 0 Å². The van der Waals surface area contributed by atoms with Crippen LogP contribution >= 0.6 is 23.6 Å². The van der Waals surface area contributed by atoms with Gasteiger partial charge in [-0.2, -0.15) is 0 Å². The predicted octanol–water partition coefficient (Wildman–Crippen LogP) is -0.251. The summed E-state index contributed by atoms with van der Waals surface area (Å²) in [6.45, 7) is 0. The number of hydrogen-bond acceptors (Lipinski definition) is 3. The van der Waals surface area contributed by atoms with Gasteiger partial charge in [-0.25, -0.2) is 11.3 Å². The molecule has 0 saturated heterocycles. The third-order valence-electron chi connectivity index (χ3n) is 1.27. The molecule has 0 aliphatic carbocycles. The van der Waals surface area contributed by atoms with Crippen molar-refractivity contribution in [3.63, 3.8) is 0 Å². The van der Waals surface area contributed by atoms with Crippen LogP contribution in [0.4, 0.5) is 0 Å². The number of hydrogen-bond donors (Lipinski definition) is 0. The number of benzene rings is 1. The minimum Gasteiger partial charge on any atom is -0.293 e. The van der Waals surface area contributed by atoms with Gasteiger partial charge < -0.3 is 0 Å². The van der Waals surface area contributed by atoms with E-state index >= 15 is 0 Å². The number of nitrogens with zero attached hydrogens (tertiary/aromatic N) is 1. The van der Waals surface area contributed by atoms with Crippen LogP contribution in [0, 0.1) is 3.95 Å². The molecule has 2 rings (SSSR count). The maximum absolute atomic E-state index is 4.92. The molecule has 1 aromatic heterocycles. The summed E-state index contributed by atoms with van der Waals surface area (Å²) in [4.78, 5) is 4.15. The third kappa shape index (κ3) is 1.92. The van der Waals surface area contributed by atoms with E-state index < -0.39 is 0 Å². The standard InChI is InChI=1S/C7H4NS2.Na/c9-7-8-5-3-1-2-4-6(5)10-7;/h1-4H;/q-1;+1. The van der Waals surface area contributed by atoms with E-state index in [1.54, 1.807) is 11.3 Å². The smallest absolute Gasteiger partial charge is 0.293 e. The molecule has 50 valence electrons. The molecule has 0 spiro atoms. The molecular formula is C7H4NNaS2. The third-order valence-corrected chi connectivity index (χ3v) is 2.45. The van der Waals surface area contributed by atoms with E-state index in [0.717, 1.165) is 9.47 Å².